The maximum Gasteiger partial charge on any atom is 0.276 e. The second-order valence-corrected chi connectivity index (χ2v) is 5.13. The van der Waals surface area contributed by atoms with Crippen molar-refractivity contribution in [3.63, 3.8) is 0 Å². The summed E-state index contributed by atoms with van der Waals surface area (Å²) in [7, 11) is 0. The lowest BCUT2D eigenvalue weighted by atomic mass is 10.1. The molecule has 0 fully saturated rings. The van der Waals surface area contributed by atoms with Crippen LogP contribution in [0.15, 0.2) is 72.8 Å². The zero-order chi connectivity index (χ0) is 16.8. The molecular formula is C19H16N2O3. The molecule has 0 aliphatic carbocycles. The number of rotatable bonds is 4. The Balaban J connectivity index is 1.55. The Morgan fingerprint density at radius 3 is 2.33 bits per heavy atom. The van der Waals surface area contributed by atoms with Gasteiger partial charge in [-0.25, -0.2) is 0 Å². The first-order chi connectivity index (χ1) is 11.7. The summed E-state index contributed by atoms with van der Waals surface area (Å²) in [6, 6.07) is 22.0. The van der Waals surface area contributed by atoms with Gasteiger partial charge >= 0.3 is 0 Å². The first-order valence-electron chi connectivity index (χ1n) is 7.49. The summed E-state index contributed by atoms with van der Waals surface area (Å²) < 4.78 is 5.56. The zero-order valence-electron chi connectivity index (χ0n) is 12.9. The van der Waals surface area contributed by atoms with Gasteiger partial charge in [0, 0.05) is 10.9 Å². The van der Waals surface area contributed by atoms with Crippen molar-refractivity contribution in [2.75, 3.05) is 6.61 Å². The van der Waals surface area contributed by atoms with E-state index in [9.17, 15) is 9.59 Å². The summed E-state index contributed by atoms with van der Waals surface area (Å²) in [5, 5.41) is 1.97. The van der Waals surface area contributed by atoms with E-state index in [4.69, 9.17) is 4.74 Å². The van der Waals surface area contributed by atoms with Crippen molar-refractivity contribution in [1.29, 1.82) is 0 Å². The molecule has 5 heteroatoms. The normalized spacial score (nSPS) is 10.2. The van der Waals surface area contributed by atoms with Gasteiger partial charge in [-0.2, -0.15) is 0 Å². The largest absolute Gasteiger partial charge is 0.483 e. The molecular weight excluding hydrogens is 304 g/mol. The highest BCUT2D eigenvalue weighted by Crippen LogP contribution is 2.24. The highest BCUT2D eigenvalue weighted by Gasteiger charge is 2.08. The van der Waals surface area contributed by atoms with Crippen LogP contribution in [0.2, 0.25) is 0 Å². The van der Waals surface area contributed by atoms with Crippen LogP contribution in [0.4, 0.5) is 0 Å². The number of hydrogen-bond donors (Lipinski definition) is 2. The second kappa shape index (κ2) is 7.28. The third-order valence-corrected chi connectivity index (χ3v) is 3.46. The average molecular weight is 320 g/mol. The lowest BCUT2D eigenvalue weighted by Crippen LogP contribution is -2.43. The number of benzene rings is 3. The molecule has 0 unspecified atom stereocenters. The molecule has 3 aromatic carbocycles. The molecule has 0 aliphatic heterocycles. The second-order valence-electron chi connectivity index (χ2n) is 5.13. The third kappa shape index (κ3) is 3.70. The monoisotopic (exact) mass is 320 g/mol. The Hall–Kier alpha value is -3.34. The van der Waals surface area contributed by atoms with Gasteiger partial charge in [0.1, 0.15) is 5.75 Å². The van der Waals surface area contributed by atoms with Crippen LogP contribution in [0.5, 0.6) is 5.75 Å². The van der Waals surface area contributed by atoms with Gasteiger partial charge in [0.2, 0.25) is 0 Å². The zero-order valence-corrected chi connectivity index (χ0v) is 12.9. The third-order valence-electron chi connectivity index (χ3n) is 3.46. The van der Waals surface area contributed by atoms with Gasteiger partial charge in [0.05, 0.1) is 0 Å². The standard InChI is InChI=1S/C19H16N2O3/c22-18(20-21-19(23)15-8-2-1-3-9-15)13-24-17-12-6-10-14-7-4-5-11-16(14)17/h1-12H,13H2,(H,20,22)(H,21,23). The van der Waals surface area contributed by atoms with Gasteiger partial charge in [0.15, 0.2) is 6.61 Å². The lowest BCUT2D eigenvalue weighted by molar-refractivity contribution is -0.123. The van der Waals surface area contributed by atoms with E-state index < -0.39 is 5.91 Å². The van der Waals surface area contributed by atoms with E-state index in [0.29, 0.717) is 11.3 Å². The molecule has 0 heterocycles. The highest BCUT2D eigenvalue weighted by molar-refractivity contribution is 5.95. The molecule has 0 atom stereocenters. The molecule has 3 aromatic rings. The van der Waals surface area contributed by atoms with Crippen molar-refractivity contribution in [1.82, 2.24) is 10.9 Å². The van der Waals surface area contributed by atoms with Crippen molar-refractivity contribution in [3.8, 4) is 5.75 Å². The average Bonchev–Trinajstić information content (AvgIpc) is 2.65. The number of hydrogen-bond acceptors (Lipinski definition) is 3. The first kappa shape index (κ1) is 15.6. The fraction of sp³-hybridized carbons (Fsp3) is 0.0526. The van der Waals surface area contributed by atoms with Crippen LogP contribution in [0.3, 0.4) is 0 Å². The van der Waals surface area contributed by atoms with Crippen LogP contribution in [-0.4, -0.2) is 18.4 Å². The topological polar surface area (TPSA) is 67.4 Å². The van der Waals surface area contributed by atoms with Crippen LogP contribution in [-0.2, 0) is 4.79 Å². The molecule has 0 spiro atoms. The first-order valence-corrected chi connectivity index (χ1v) is 7.49. The molecule has 0 aliphatic rings. The molecule has 0 saturated carbocycles. The van der Waals surface area contributed by atoms with Crippen molar-refractivity contribution in [3.05, 3.63) is 78.4 Å². The molecule has 120 valence electrons. The number of carbonyl (C=O) groups excluding carboxylic acids is 2. The minimum atomic E-state index is -0.438. The molecule has 0 bridgehead atoms. The van der Waals surface area contributed by atoms with Crippen molar-refractivity contribution in [2.45, 2.75) is 0 Å². The Labute approximate surface area is 139 Å². The Morgan fingerprint density at radius 2 is 1.50 bits per heavy atom. The van der Waals surface area contributed by atoms with Crippen LogP contribution < -0.4 is 15.6 Å². The van der Waals surface area contributed by atoms with E-state index in [0.717, 1.165) is 10.8 Å². The van der Waals surface area contributed by atoms with Crippen molar-refractivity contribution >= 4 is 22.6 Å². The quantitative estimate of drug-likeness (QED) is 0.726. The van der Waals surface area contributed by atoms with Gasteiger partial charge in [-0.05, 0) is 23.6 Å². The molecule has 0 radical (unpaired) electrons. The van der Waals surface area contributed by atoms with Crippen molar-refractivity contribution in [2.24, 2.45) is 0 Å². The molecule has 0 aromatic heterocycles. The Bertz CT molecular complexity index is 857. The molecule has 3 rings (SSSR count). The summed E-state index contributed by atoms with van der Waals surface area (Å²) in [5.74, 6) is -0.195. The predicted octanol–water partition coefficient (Wildman–Crippen LogP) is 2.68. The van der Waals surface area contributed by atoms with Crippen LogP contribution in [0, 0.1) is 0 Å². The van der Waals surface area contributed by atoms with Gasteiger partial charge in [-0.3, -0.25) is 20.4 Å². The maximum absolute atomic E-state index is 11.8. The van der Waals surface area contributed by atoms with E-state index in [1.165, 1.54) is 0 Å². The summed E-state index contributed by atoms with van der Waals surface area (Å²) in [5.41, 5.74) is 5.15. The number of carbonyl (C=O) groups is 2. The molecule has 24 heavy (non-hydrogen) atoms. The van der Waals surface area contributed by atoms with E-state index in [1.807, 2.05) is 42.5 Å². The van der Waals surface area contributed by atoms with E-state index in [1.54, 1.807) is 30.3 Å². The van der Waals surface area contributed by atoms with Gasteiger partial charge in [0.25, 0.3) is 11.8 Å². The van der Waals surface area contributed by atoms with Crippen LogP contribution >= 0.6 is 0 Å². The van der Waals surface area contributed by atoms with Crippen LogP contribution in [0.25, 0.3) is 10.8 Å². The highest BCUT2D eigenvalue weighted by atomic mass is 16.5. The summed E-state index contributed by atoms with van der Waals surface area (Å²) >= 11 is 0. The summed E-state index contributed by atoms with van der Waals surface area (Å²) in [6.07, 6.45) is 0. The molecule has 2 N–H and O–H groups in total. The smallest absolute Gasteiger partial charge is 0.276 e. The maximum atomic E-state index is 11.8. The number of hydrazine groups is 1. The SMILES string of the molecule is O=C(COc1cccc2ccccc12)NNC(=O)c1ccccc1. The fourth-order valence-corrected chi connectivity index (χ4v) is 2.29. The van der Waals surface area contributed by atoms with Gasteiger partial charge in [-0.15, -0.1) is 0 Å². The Kier molecular flexibility index (Phi) is 4.72. The summed E-state index contributed by atoms with van der Waals surface area (Å²) in [4.78, 5) is 23.7. The van der Waals surface area contributed by atoms with Crippen LogP contribution in [0.1, 0.15) is 10.4 Å². The predicted molar refractivity (Wildman–Crippen MR) is 91.5 cm³/mol. The van der Waals surface area contributed by atoms with Gasteiger partial charge < -0.3 is 4.74 Å². The lowest BCUT2D eigenvalue weighted by Gasteiger charge is -2.10. The fourth-order valence-electron chi connectivity index (χ4n) is 2.29. The van der Waals surface area contributed by atoms with E-state index in [-0.39, 0.29) is 12.5 Å². The number of ether oxygens (including phenoxy) is 1. The minimum Gasteiger partial charge on any atom is -0.483 e. The van der Waals surface area contributed by atoms with Gasteiger partial charge in [-0.1, -0.05) is 54.6 Å². The minimum absolute atomic E-state index is 0.191. The summed E-state index contributed by atoms with van der Waals surface area (Å²) in [6.45, 7) is -0.191. The Morgan fingerprint density at radius 1 is 0.792 bits per heavy atom. The molecule has 2 amide bonds. The van der Waals surface area contributed by atoms with Crippen molar-refractivity contribution < 1.29 is 14.3 Å². The number of fused-ring (bicyclic) bond motifs is 1. The number of nitrogens with one attached hydrogen (secondary N) is 2. The molecule has 0 saturated heterocycles. The number of amides is 2. The van der Waals surface area contributed by atoms with E-state index in [2.05, 4.69) is 10.9 Å². The molecule has 5 nitrogen and oxygen atoms in total. The van der Waals surface area contributed by atoms with E-state index >= 15 is 0 Å².